The molecular formula is C23H25N3O5S. The Labute approximate surface area is 187 Å². The smallest absolute Gasteiger partial charge is 0.226 e. The van der Waals surface area contributed by atoms with E-state index in [1.807, 2.05) is 24.3 Å². The van der Waals surface area contributed by atoms with E-state index in [0.717, 1.165) is 35.4 Å². The monoisotopic (exact) mass is 455 g/mol. The molecule has 0 bridgehead atoms. The fourth-order valence-corrected chi connectivity index (χ4v) is 4.47. The molecule has 1 aliphatic rings. The minimum Gasteiger partial charge on any atom is -0.497 e. The number of sulfone groups is 1. The van der Waals surface area contributed by atoms with Gasteiger partial charge in [0.2, 0.25) is 17.6 Å². The summed E-state index contributed by atoms with van der Waals surface area (Å²) in [5.74, 6) is 1.75. The fraction of sp³-hybridized carbons (Fsp3) is 0.348. The second-order valence-corrected chi connectivity index (χ2v) is 9.82. The summed E-state index contributed by atoms with van der Waals surface area (Å²) in [5, 5.41) is 4.02. The topological polar surface area (TPSA) is 103 Å². The molecule has 1 aliphatic heterocycles. The van der Waals surface area contributed by atoms with E-state index in [0.29, 0.717) is 37.5 Å². The number of aryl methyl sites for hydroxylation is 2. The van der Waals surface area contributed by atoms with Crippen LogP contribution in [0.15, 0.2) is 51.9 Å². The predicted molar refractivity (Wildman–Crippen MR) is 119 cm³/mol. The number of methoxy groups -OCH3 is 1. The average molecular weight is 456 g/mol. The highest BCUT2D eigenvalue weighted by atomic mass is 32.2. The SMILES string of the molecule is COc1ccc(-c2noc(CCCC(=O)N3CCCc4cc(S(C)(=O)=O)ccc43)n2)cc1. The van der Waals surface area contributed by atoms with Gasteiger partial charge >= 0.3 is 0 Å². The molecule has 9 heteroatoms. The van der Waals surface area contributed by atoms with Gasteiger partial charge in [0.1, 0.15) is 5.75 Å². The van der Waals surface area contributed by atoms with Gasteiger partial charge in [0.05, 0.1) is 12.0 Å². The number of fused-ring (bicyclic) bond motifs is 1. The maximum absolute atomic E-state index is 12.8. The first-order valence-electron chi connectivity index (χ1n) is 10.5. The molecule has 1 aromatic heterocycles. The highest BCUT2D eigenvalue weighted by Crippen LogP contribution is 2.30. The highest BCUT2D eigenvalue weighted by Gasteiger charge is 2.24. The molecule has 0 atom stereocenters. The lowest BCUT2D eigenvalue weighted by Crippen LogP contribution is -2.35. The van der Waals surface area contributed by atoms with Crippen molar-refractivity contribution < 1.29 is 22.5 Å². The van der Waals surface area contributed by atoms with Gasteiger partial charge in [-0.15, -0.1) is 0 Å². The van der Waals surface area contributed by atoms with Crippen molar-refractivity contribution in [2.24, 2.45) is 0 Å². The second-order valence-electron chi connectivity index (χ2n) is 7.81. The van der Waals surface area contributed by atoms with Gasteiger partial charge < -0.3 is 14.2 Å². The lowest BCUT2D eigenvalue weighted by Gasteiger charge is -2.30. The molecule has 2 aromatic carbocycles. The van der Waals surface area contributed by atoms with Crippen LogP contribution in [0.25, 0.3) is 11.4 Å². The van der Waals surface area contributed by atoms with Gasteiger partial charge in [-0.05, 0) is 67.3 Å². The van der Waals surface area contributed by atoms with Crippen molar-refractivity contribution in [2.45, 2.75) is 37.0 Å². The molecule has 0 aliphatic carbocycles. The number of anilines is 1. The number of hydrogen-bond donors (Lipinski definition) is 0. The van der Waals surface area contributed by atoms with Crippen LogP contribution in [0.2, 0.25) is 0 Å². The molecule has 8 nitrogen and oxygen atoms in total. The summed E-state index contributed by atoms with van der Waals surface area (Å²) in [6, 6.07) is 12.4. The van der Waals surface area contributed by atoms with E-state index in [1.54, 1.807) is 30.2 Å². The lowest BCUT2D eigenvalue weighted by atomic mass is 10.0. The quantitative estimate of drug-likeness (QED) is 0.538. The van der Waals surface area contributed by atoms with E-state index < -0.39 is 9.84 Å². The van der Waals surface area contributed by atoms with Crippen molar-refractivity contribution in [1.29, 1.82) is 0 Å². The summed E-state index contributed by atoms with van der Waals surface area (Å²) in [4.78, 5) is 19.3. The van der Waals surface area contributed by atoms with Crippen LogP contribution in [-0.4, -0.2) is 44.4 Å². The van der Waals surface area contributed by atoms with E-state index in [1.165, 1.54) is 6.26 Å². The second kappa shape index (κ2) is 9.12. The van der Waals surface area contributed by atoms with Gasteiger partial charge in [-0.3, -0.25) is 4.79 Å². The van der Waals surface area contributed by atoms with Crippen LogP contribution in [0.3, 0.4) is 0 Å². The highest BCUT2D eigenvalue weighted by molar-refractivity contribution is 7.90. The number of amides is 1. The van der Waals surface area contributed by atoms with Crippen molar-refractivity contribution in [3.05, 3.63) is 53.9 Å². The van der Waals surface area contributed by atoms with Crippen molar-refractivity contribution in [3.63, 3.8) is 0 Å². The molecule has 0 saturated carbocycles. The van der Waals surface area contributed by atoms with Crippen molar-refractivity contribution >= 4 is 21.4 Å². The number of ether oxygens (including phenoxy) is 1. The molecule has 1 amide bonds. The molecule has 2 heterocycles. The van der Waals surface area contributed by atoms with Gasteiger partial charge in [0.15, 0.2) is 9.84 Å². The Bertz CT molecular complexity index is 1220. The van der Waals surface area contributed by atoms with Crippen LogP contribution in [-0.2, 0) is 27.5 Å². The molecule has 0 N–H and O–H groups in total. The van der Waals surface area contributed by atoms with E-state index >= 15 is 0 Å². The van der Waals surface area contributed by atoms with E-state index in [-0.39, 0.29) is 10.8 Å². The third-order valence-electron chi connectivity index (χ3n) is 5.50. The molecule has 4 rings (SSSR count). The van der Waals surface area contributed by atoms with Crippen LogP contribution < -0.4 is 9.64 Å². The molecule has 32 heavy (non-hydrogen) atoms. The van der Waals surface area contributed by atoms with Crippen molar-refractivity contribution in [1.82, 2.24) is 10.1 Å². The zero-order chi connectivity index (χ0) is 22.7. The average Bonchev–Trinajstić information content (AvgIpc) is 3.26. The predicted octanol–water partition coefficient (Wildman–Crippen LogP) is 3.45. The van der Waals surface area contributed by atoms with Gasteiger partial charge in [-0.25, -0.2) is 8.42 Å². The van der Waals surface area contributed by atoms with Gasteiger partial charge in [0, 0.05) is 36.9 Å². The van der Waals surface area contributed by atoms with Gasteiger partial charge in [-0.2, -0.15) is 4.98 Å². The first kappa shape index (κ1) is 22.0. The van der Waals surface area contributed by atoms with Crippen LogP contribution >= 0.6 is 0 Å². The summed E-state index contributed by atoms with van der Waals surface area (Å²) in [7, 11) is -1.66. The number of carbonyl (C=O) groups excluding carboxylic acids is 1. The number of hydrogen-bond acceptors (Lipinski definition) is 7. The Morgan fingerprint density at radius 3 is 2.69 bits per heavy atom. The van der Waals surface area contributed by atoms with Crippen LogP contribution in [0, 0.1) is 0 Å². The molecule has 0 radical (unpaired) electrons. The summed E-state index contributed by atoms with van der Waals surface area (Å²) < 4.78 is 34.1. The number of carbonyl (C=O) groups is 1. The first-order chi connectivity index (χ1) is 15.3. The Balaban J connectivity index is 1.36. The van der Waals surface area contributed by atoms with E-state index in [9.17, 15) is 13.2 Å². The zero-order valence-corrected chi connectivity index (χ0v) is 18.9. The maximum atomic E-state index is 12.8. The first-order valence-corrected chi connectivity index (χ1v) is 12.3. The third-order valence-corrected chi connectivity index (χ3v) is 6.61. The summed E-state index contributed by atoms with van der Waals surface area (Å²) in [5.41, 5.74) is 2.53. The molecular weight excluding hydrogens is 430 g/mol. The Hall–Kier alpha value is -3.20. The van der Waals surface area contributed by atoms with Gasteiger partial charge in [0.25, 0.3) is 0 Å². The molecule has 3 aromatic rings. The molecule has 0 unspecified atom stereocenters. The molecule has 168 valence electrons. The van der Waals surface area contributed by atoms with Crippen LogP contribution in [0.1, 0.15) is 30.7 Å². The Morgan fingerprint density at radius 1 is 1.19 bits per heavy atom. The minimum atomic E-state index is -3.27. The number of rotatable bonds is 7. The van der Waals surface area contributed by atoms with E-state index in [4.69, 9.17) is 9.26 Å². The molecule has 0 spiro atoms. The molecule has 0 fully saturated rings. The van der Waals surface area contributed by atoms with Crippen LogP contribution in [0.4, 0.5) is 5.69 Å². The maximum Gasteiger partial charge on any atom is 0.226 e. The van der Waals surface area contributed by atoms with E-state index in [2.05, 4.69) is 10.1 Å². The van der Waals surface area contributed by atoms with Crippen molar-refractivity contribution in [3.8, 4) is 17.1 Å². The summed E-state index contributed by atoms with van der Waals surface area (Å²) in [6.45, 7) is 0.631. The van der Waals surface area contributed by atoms with Crippen LogP contribution in [0.5, 0.6) is 5.75 Å². The number of nitrogens with zero attached hydrogens (tertiary/aromatic N) is 3. The fourth-order valence-electron chi connectivity index (χ4n) is 3.80. The Morgan fingerprint density at radius 2 is 1.97 bits per heavy atom. The summed E-state index contributed by atoms with van der Waals surface area (Å²) >= 11 is 0. The largest absolute Gasteiger partial charge is 0.497 e. The number of aromatic nitrogens is 2. The number of benzene rings is 2. The normalized spacial score (nSPS) is 13.6. The Kier molecular flexibility index (Phi) is 6.27. The lowest BCUT2D eigenvalue weighted by molar-refractivity contribution is -0.118. The minimum absolute atomic E-state index is 0.00736. The zero-order valence-electron chi connectivity index (χ0n) is 18.1. The summed E-state index contributed by atoms with van der Waals surface area (Å²) in [6.07, 6.45) is 4.18. The van der Waals surface area contributed by atoms with Gasteiger partial charge in [-0.1, -0.05) is 5.16 Å². The van der Waals surface area contributed by atoms with Crippen molar-refractivity contribution in [2.75, 3.05) is 24.8 Å². The molecule has 0 saturated heterocycles. The standard InChI is InChI=1S/C23H25N3O5S/c1-30-18-10-8-16(9-11-18)23-24-21(31-25-23)6-3-7-22(27)26-14-4-5-17-15-19(32(2,28)29)12-13-20(17)26/h8-13,15H,3-7,14H2,1-2H3. The third kappa shape index (κ3) is 4.83.